The van der Waals surface area contributed by atoms with Crippen molar-refractivity contribution in [3.8, 4) is 0 Å². The van der Waals surface area contributed by atoms with E-state index in [0.29, 0.717) is 13.0 Å². The van der Waals surface area contributed by atoms with Crippen LogP contribution in [0, 0.1) is 5.41 Å². The zero-order valence-corrected chi connectivity index (χ0v) is 12.7. The summed E-state index contributed by atoms with van der Waals surface area (Å²) in [5.41, 5.74) is -0.352. The Kier molecular flexibility index (Phi) is 5.62. The van der Waals surface area contributed by atoms with Gasteiger partial charge in [-0.1, -0.05) is 25.7 Å². The molecule has 5 nitrogen and oxygen atoms in total. The fourth-order valence-corrected chi connectivity index (χ4v) is 3.98. The van der Waals surface area contributed by atoms with Crippen molar-refractivity contribution in [2.24, 2.45) is 5.41 Å². The summed E-state index contributed by atoms with van der Waals surface area (Å²) in [5, 5.41) is 18.7. The van der Waals surface area contributed by atoms with Crippen LogP contribution in [0.4, 0.5) is 0 Å². The molecular weight excluding hydrogens is 270 g/mol. The molecule has 2 N–H and O–H groups in total. The average molecular weight is 297 g/mol. The molecule has 1 aliphatic heterocycles. The lowest BCUT2D eigenvalue weighted by atomic mass is 9.79. The highest BCUT2D eigenvalue weighted by atomic mass is 16.4. The van der Waals surface area contributed by atoms with Crippen LogP contribution in [0.1, 0.15) is 64.2 Å². The van der Waals surface area contributed by atoms with Crippen LogP contribution < -0.4 is 0 Å². The van der Waals surface area contributed by atoms with Crippen molar-refractivity contribution in [3.05, 3.63) is 0 Å². The molecular formula is C16H27NO4. The molecule has 0 aromatic carbocycles. The number of carboxylic acid groups (broad SMARTS) is 1. The van der Waals surface area contributed by atoms with E-state index < -0.39 is 5.97 Å². The Balaban J connectivity index is 2.04. The Bertz CT molecular complexity index is 376. The lowest BCUT2D eigenvalue weighted by molar-refractivity contribution is -0.142. The van der Waals surface area contributed by atoms with Gasteiger partial charge in [0.2, 0.25) is 5.91 Å². The van der Waals surface area contributed by atoms with Gasteiger partial charge in [-0.25, -0.2) is 0 Å². The molecule has 1 saturated carbocycles. The molecule has 1 atom stereocenters. The normalized spacial score (nSPS) is 25.6. The molecule has 1 saturated heterocycles. The highest BCUT2D eigenvalue weighted by Crippen LogP contribution is 2.44. The van der Waals surface area contributed by atoms with E-state index in [4.69, 9.17) is 5.11 Å². The Morgan fingerprint density at radius 1 is 1.05 bits per heavy atom. The Hall–Kier alpha value is -1.10. The number of aliphatic hydroxyl groups is 1. The van der Waals surface area contributed by atoms with Crippen LogP contribution in [0.3, 0.4) is 0 Å². The van der Waals surface area contributed by atoms with Gasteiger partial charge >= 0.3 is 5.97 Å². The number of carbonyl (C=O) groups is 2. The number of carbonyl (C=O) groups excluding carboxylic acids is 1. The van der Waals surface area contributed by atoms with E-state index in [1.165, 1.54) is 0 Å². The summed E-state index contributed by atoms with van der Waals surface area (Å²) in [6.45, 7) is 0.713. The first-order valence-corrected chi connectivity index (χ1v) is 8.18. The Morgan fingerprint density at radius 3 is 2.38 bits per heavy atom. The topological polar surface area (TPSA) is 77.8 Å². The second-order valence-electron chi connectivity index (χ2n) is 6.73. The fraction of sp³-hybridized carbons (Fsp3) is 0.875. The van der Waals surface area contributed by atoms with Gasteiger partial charge in [0, 0.05) is 13.0 Å². The molecule has 0 aromatic rings. The third-order valence-electron chi connectivity index (χ3n) is 5.12. The molecule has 1 heterocycles. The first-order chi connectivity index (χ1) is 10.1. The smallest absolute Gasteiger partial charge is 0.303 e. The maximum absolute atomic E-state index is 12.7. The summed E-state index contributed by atoms with van der Waals surface area (Å²) in [5.74, 6) is -0.765. The van der Waals surface area contributed by atoms with Gasteiger partial charge in [-0.3, -0.25) is 9.59 Å². The van der Waals surface area contributed by atoms with Crippen molar-refractivity contribution in [1.29, 1.82) is 0 Å². The zero-order chi connectivity index (χ0) is 15.3. The molecule has 21 heavy (non-hydrogen) atoms. The minimum atomic E-state index is -0.806. The van der Waals surface area contributed by atoms with Crippen molar-refractivity contribution in [2.75, 3.05) is 13.2 Å². The summed E-state index contributed by atoms with van der Waals surface area (Å²) >= 11 is 0. The molecule has 0 aromatic heterocycles. The second-order valence-corrected chi connectivity index (χ2v) is 6.73. The van der Waals surface area contributed by atoms with Gasteiger partial charge in [-0.2, -0.15) is 0 Å². The molecule has 2 aliphatic rings. The molecule has 0 bridgehead atoms. The van der Waals surface area contributed by atoms with Gasteiger partial charge in [0.25, 0.3) is 0 Å². The molecule has 0 spiro atoms. The summed E-state index contributed by atoms with van der Waals surface area (Å²) in [6.07, 6.45) is 8.11. The minimum Gasteiger partial charge on any atom is -0.481 e. The molecule has 5 heteroatoms. The molecule has 1 unspecified atom stereocenters. The molecule has 2 rings (SSSR count). The van der Waals surface area contributed by atoms with Crippen LogP contribution in [0.5, 0.6) is 0 Å². The summed E-state index contributed by atoms with van der Waals surface area (Å²) in [6, 6.07) is -0.0803. The molecule has 1 amide bonds. The average Bonchev–Trinajstić information content (AvgIpc) is 2.74. The predicted octanol–water partition coefficient (Wildman–Crippen LogP) is 2.18. The number of amides is 1. The number of aliphatic carboxylic acids is 1. The summed E-state index contributed by atoms with van der Waals surface area (Å²) in [4.78, 5) is 25.6. The van der Waals surface area contributed by atoms with E-state index in [1.54, 1.807) is 0 Å². The van der Waals surface area contributed by atoms with Crippen LogP contribution in [0.25, 0.3) is 0 Å². The Morgan fingerprint density at radius 2 is 1.76 bits per heavy atom. The monoisotopic (exact) mass is 297 g/mol. The van der Waals surface area contributed by atoms with Crippen LogP contribution in [-0.4, -0.2) is 46.2 Å². The van der Waals surface area contributed by atoms with E-state index in [-0.39, 0.29) is 30.4 Å². The first-order valence-electron chi connectivity index (χ1n) is 8.18. The second kappa shape index (κ2) is 7.25. The van der Waals surface area contributed by atoms with Gasteiger partial charge in [-0.15, -0.1) is 0 Å². The van der Waals surface area contributed by atoms with Crippen LogP contribution in [0.2, 0.25) is 0 Å². The predicted molar refractivity (Wildman–Crippen MR) is 78.8 cm³/mol. The van der Waals surface area contributed by atoms with Crippen LogP contribution in [-0.2, 0) is 9.59 Å². The third kappa shape index (κ3) is 4.19. The third-order valence-corrected chi connectivity index (χ3v) is 5.12. The minimum absolute atomic E-state index is 0.0116. The van der Waals surface area contributed by atoms with Crippen molar-refractivity contribution in [1.82, 2.24) is 4.90 Å². The quantitative estimate of drug-likeness (QED) is 0.815. The van der Waals surface area contributed by atoms with Gasteiger partial charge in [0.05, 0.1) is 19.1 Å². The number of likely N-dealkylation sites (tertiary alicyclic amines) is 1. The fourth-order valence-electron chi connectivity index (χ4n) is 3.98. The van der Waals surface area contributed by atoms with E-state index in [9.17, 15) is 14.7 Å². The van der Waals surface area contributed by atoms with Crippen molar-refractivity contribution >= 4 is 11.9 Å². The zero-order valence-electron chi connectivity index (χ0n) is 12.7. The number of aliphatic hydroxyl groups excluding tert-OH is 1. The lowest BCUT2D eigenvalue weighted by Gasteiger charge is -2.33. The molecule has 1 aliphatic carbocycles. The number of hydrogen-bond acceptors (Lipinski definition) is 3. The van der Waals surface area contributed by atoms with E-state index in [0.717, 1.165) is 51.4 Å². The summed E-state index contributed by atoms with van der Waals surface area (Å²) in [7, 11) is 0. The van der Waals surface area contributed by atoms with Crippen LogP contribution >= 0.6 is 0 Å². The first kappa shape index (κ1) is 16.3. The maximum Gasteiger partial charge on any atom is 0.303 e. The highest BCUT2D eigenvalue weighted by Gasteiger charge is 2.40. The van der Waals surface area contributed by atoms with E-state index in [1.807, 2.05) is 4.90 Å². The van der Waals surface area contributed by atoms with Gasteiger partial charge in [-0.05, 0) is 31.1 Å². The number of hydrogen-bond donors (Lipinski definition) is 2. The van der Waals surface area contributed by atoms with E-state index in [2.05, 4.69) is 0 Å². The maximum atomic E-state index is 12.7. The van der Waals surface area contributed by atoms with E-state index >= 15 is 0 Å². The number of nitrogens with zero attached hydrogens (tertiary/aromatic N) is 1. The van der Waals surface area contributed by atoms with Gasteiger partial charge < -0.3 is 15.1 Å². The standard InChI is InChI=1S/C16H27NO4/c18-12-13-6-2-1-5-9-17(13)14(19)10-16(11-15(20)21)7-3-4-8-16/h13,18H,1-12H2,(H,20,21). The van der Waals surface area contributed by atoms with Crippen molar-refractivity contribution in [2.45, 2.75) is 70.3 Å². The largest absolute Gasteiger partial charge is 0.481 e. The Labute approximate surface area is 126 Å². The summed E-state index contributed by atoms with van der Waals surface area (Å²) < 4.78 is 0. The van der Waals surface area contributed by atoms with Crippen molar-refractivity contribution < 1.29 is 19.8 Å². The van der Waals surface area contributed by atoms with Gasteiger partial charge in [0.15, 0.2) is 0 Å². The lowest BCUT2D eigenvalue weighted by Crippen LogP contribution is -2.44. The molecule has 120 valence electrons. The number of carboxylic acids is 1. The van der Waals surface area contributed by atoms with Crippen LogP contribution in [0.15, 0.2) is 0 Å². The SMILES string of the molecule is O=C(O)CC1(CC(=O)N2CCCCCC2CO)CCCC1. The highest BCUT2D eigenvalue weighted by molar-refractivity contribution is 5.78. The van der Waals surface area contributed by atoms with Gasteiger partial charge in [0.1, 0.15) is 0 Å². The molecule has 0 radical (unpaired) electrons. The van der Waals surface area contributed by atoms with Crippen molar-refractivity contribution in [3.63, 3.8) is 0 Å². The number of rotatable bonds is 5. The molecule has 2 fully saturated rings.